The number of carbonyl (C=O) groups excluding carboxylic acids is 1. The summed E-state index contributed by atoms with van der Waals surface area (Å²) in [6.07, 6.45) is 0. The lowest BCUT2D eigenvalue weighted by Crippen LogP contribution is -2.23. The van der Waals surface area contributed by atoms with Gasteiger partial charge in [0.05, 0.1) is 20.5 Å². The number of benzene rings is 2. The first-order valence-corrected chi connectivity index (χ1v) is 10.5. The summed E-state index contributed by atoms with van der Waals surface area (Å²) in [6, 6.07) is 12.1. The van der Waals surface area contributed by atoms with E-state index in [4.69, 9.17) is 23.2 Å². The van der Waals surface area contributed by atoms with Crippen LogP contribution in [0.3, 0.4) is 0 Å². The molecule has 0 aliphatic heterocycles. The van der Waals surface area contributed by atoms with Gasteiger partial charge in [0.1, 0.15) is 11.3 Å². The molecule has 0 saturated heterocycles. The minimum Gasteiger partial charge on any atom is -0.301 e. The van der Waals surface area contributed by atoms with Crippen LogP contribution in [-0.2, 0) is 20.4 Å². The maximum Gasteiger partial charge on any atom is 0.241 e. The lowest BCUT2D eigenvalue weighted by molar-refractivity contribution is -0.113. The molecule has 0 spiro atoms. The van der Waals surface area contributed by atoms with Gasteiger partial charge in [0, 0.05) is 0 Å². The Morgan fingerprint density at radius 1 is 1.12 bits per heavy atom. The molecule has 0 atom stereocenters. The molecule has 0 aliphatic rings. The minimum absolute atomic E-state index is 0.192. The molecular formula is C16H12Cl2N2O3S2. The number of halogens is 2. The molecule has 0 fully saturated rings. The Balaban J connectivity index is 1.71. The van der Waals surface area contributed by atoms with E-state index in [1.807, 2.05) is 0 Å². The quantitative estimate of drug-likeness (QED) is 0.679. The number of nitrogens with zero attached hydrogens (tertiary/aromatic N) is 1. The zero-order valence-corrected chi connectivity index (χ0v) is 15.8. The molecule has 0 aliphatic carbocycles. The Labute approximate surface area is 158 Å². The molecule has 0 unspecified atom stereocenters. The SMILES string of the molecule is O=C(CS(=O)(=O)Cc1ccccc1)Nc1nc2c(Cl)c(Cl)ccc2s1. The molecule has 130 valence electrons. The van der Waals surface area contributed by atoms with Crippen molar-refractivity contribution in [2.24, 2.45) is 0 Å². The van der Waals surface area contributed by atoms with Crippen LogP contribution in [-0.4, -0.2) is 25.1 Å². The lowest BCUT2D eigenvalue weighted by Gasteiger charge is -2.04. The van der Waals surface area contributed by atoms with E-state index in [2.05, 4.69) is 10.3 Å². The van der Waals surface area contributed by atoms with Crippen LogP contribution in [0.4, 0.5) is 5.13 Å². The fourth-order valence-electron chi connectivity index (χ4n) is 2.23. The first kappa shape index (κ1) is 18.1. The summed E-state index contributed by atoms with van der Waals surface area (Å²) in [5.74, 6) is -1.45. The summed E-state index contributed by atoms with van der Waals surface area (Å²) >= 11 is 13.2. The molecule has 1 aromatic heterocycles. The molecule has 5 nitrogen and oxygen atoms in total. The summed E-state index contributed by atoms with van der Waals surface area (Å²) in [5, 5.41) is 3.45. The second-order valence-corrected chi connectivity index (χ2v) is 9.17. The van der Waals surface area contributed by atoms with Gasteiger partial charge in [-0.15, -0.1) is 0 Å². The van der Waals surface area contributed by atoms with Crippen molar-refractivity contribution in [3.63, 3.8) is 0 Å². The molecule has 1 amide bonds. The third-order valence-electron chi connectivity index (χ3n) is 3.28. The Morgan fingerprint density at radius 2 is 1.84 bits per heavy atom. The van der Waals surface area contributed by atoms with Gasteiger partial charge in [0.2, 0.25) is 5.91 Å². The minimum atomic E-state index is -3.58. The summed E-state index contributed by atoms with van der Waals surface area (Å²) in [7, 11) is -3.58. The van der Waals surface area contributed by atoms with Gasteiger partial charge in [-0.25, -0.2) is 13.4 Å². The maximum absolute atomic E-state index is 12.2. The summed E-state index contributed by atoms with van der Waals surface area (Å²) in [6.45, 7) is 0. The van der Waals surface area contributed by atoms with Crippen molar-refractivity contribution in [1.82, 2.24) is 4.98 Å². The normalized spacial score (nSPS) is 11.6. The van der Waals surface area contributed by atoms with Crippen LogP contribution < -0.4 is 5.32 Å². The fourth-order valence-corrected chi connectivity index (χ4v) is 4.81. The Kier molecular flexibility index (Phi) is 5.29. The molecule has 1 heterocycles. The number of hydrogen-bond acceptors (Lipinski definition) is 5. The third kappa shape index (κ3) is 4.49. The monoisotopic (exact) mass is 414 g/mol. The number of amides is 1. The predicted octanol–water partition coefficient (Wildman–Crippen LogP) is 4.16. The number of thiazole rings is 1. The van der Waals surface area contributed by atoms with Crippen LogP contribution in [0.1, 0.15) is 5.56 Å². The number of rotatable bonds is 5. The number of hydrogen-bond donors (Lipinski definition) is 1. The molecule has 2 aromatic carbocycles. The second kappa shape index (κ2) is 7.29. The third-order valence-corrected chi connectivity index (χ3v) is 6.48. The Morgan fingerprint density at radius 3 is 2.56 bits per heavy atom. The van der Waals surface area contributed by atoms with E-state index in [1.165, 1.54) is 11.3 Å². The molecule has 0 bridgehead atoms. The predicted molar refractivity (Wildman–Crippen MR) is 102 cm³/mol. The highest BCUT2D eigenvalue weighted by atomic mass is 35.5. The molecule has 3 aromatic rings. The number of carbonyl (C=O) groups is 1. The number of aromatic nitrogens is 1. The van der Waals surface area contributed by atoms with Crippen LogP contribution >= 0.6 is 34.5 Å². The topological polar surface area (TPSA) is 76.1 Å². The molecule has 0 radical (unpaired) electrons. The highest BCUT2D eigenvalue weighted by Gasteiger charge is 2.19. The van der Waals surface area contributed by atoms with Crippen molar-refractivity contribution in [1.29, 1.82) is 0 Å². The number of fused-ring (bicyclic) bond motifs is 1. The van der Waals surface area contributed by atoms with Crippen LogP contribution in [0.25, 0.3) is 10.2 Å². The van der Waals surface area contributed by atoms with Crippen molar-refractivity contribution in [3.8, 4) is 0 Å². The van der Waals surface area contributed by atoms with Gasteiger partial charge in [-0.05, 0) is 17.7 Å². The van der Waals surface area contributed by atoms with Gasteiger partial charge in [0.25, 0.3) is 0 Å². The lowest BCUT2D eigenvalue weighted by atomic mass is 10.2. The highest BCUT2D eigenvalue weighted by molar-refractivity contribution is 7.91. The van der Waals surface area contributed by atoms with Gasteiger partial charge in [-0.1, -0.05) is 64.9 Å². The average Bonchev–Trinajstić information content (AvgIpc) is 2.94. The molecule has 1 N–H and O–H groups in total. The van der Waals surface area contributed by atoms with E-state index in [-0.39, 0.29) is 10.9 Å². The fraction of sp³-hybridized carbons (Fsp3) is 0.125. The second-order valence-electron chi connectivity index (χ2n) is 5.29. The van der Waals surface area contributed by atoms with E-state index in [9.17, 15) is 13.2 Å². The van der Waals surface area contributed by atoms with E-state index in [0.717, 1.165) is 4.70 Å². The number of nitrogens with one attached hydrogen (secondary N) is 1. The Bertz CT molecular complexity index is 1030. The van der Waals surface area contributed by atoms with Crippen LogP contribution in [0.15, 0.2) is 42.5 Å². The smallest absolute Gasteiger partial charge is 0.241 e. The van der Waals surface area contributed by atoms with Gasteiger partial charge in [-0.2, -0.15) is 0 Å². The first-order valence-electron chi connectivity index (χ1n) is 7.13. The van der Waals surface area contributed by atoms with Gasteiger partial charge in [0.15, 0.2) is 15.0 Å². The maximum atomic E-state index is 12.2. The van der Waals surface area contributed by atoms with Crippen molar-refractivity contribution in [3.05, 3.63) is 58.1 Å². The molecule has 9 heteroatoms. The summed E-state index contributed by atoms with van der Waals surface area (Å²) in [5.41, 5.74) is 1.11. The summed E-state index contributed by atoms with van der Waals surface area (Å²) < 4.78 is 25.1. The number of anilines is 1. The molecule has 0 saturated carbocycles. The summed E-state index contributed by atoms with van der Waals surface area (Å²) in [4.78, 5) is 16.3. The van der Waals surface area contributed by atoms with Crippen molar-refractivity contribution in [2.75, 3.05) is 11.1 Å². The van der Waals surface area contributed by atoms with E-state index in [0.29, 0.717) is 21.1 Å². The number of sulfone groups is 1. The van der Waals surface area contributed by atoms with Crippen molar-refractivity contribution < 1.29 is 13.2 Å². The van der Waals surface area contributed by atoms with Crippen LogP contribution in [0, 0.1) is 0 Å². The Hall–Kier alpha value is -1.67. The molecule has 25 heavy (non-hydrogen) atoms. The molecular weight excluding hydrogens is 403 g/mol. The first-order chi connectivity index (χ1) is 11.8. The van der Waals surface area contributed by atoms with Gasteiger partial charge >= 0.3 is 0 Å². The largest absolute Gasteiger partial charge is 0.301 e. The van der Waals surface area contributed by atoms with Crippen LogP contribution in [0.2, 0.25) is 10.0 Å². The van der Waals surface area contributed by atoms with Gasteiger partial charge < -0.3 is 5.32 Å². The van der Waals surface area contributed by atoms with Crippen LogP contribution in [0.5, 0.6) is 0 Å². The van der Waals surface area contributed by atoms with E-state index >= 15 is 0 Å². The zero-order valence-electron chi connectivity index (χ0n) is 12.7. The van der Waals surface area contributed by atoms with Crippen molar-refractivity contribution >= 4 is 65.6 Å². The van der Waals surface area contributed by atoms with Gasteiger partial charge in [-0.3, -0.25) is 4.79 Å². The average molecular weight is 415 g/mol. The standard InChI is InChI=1S/C16H12Cl2N2O3S2/c17-11-6-7-12-15(14(11)18)20-16(24-12)19-13(21)9-25(22,23)8-10-4-2-1-3-5-10/h1-7H,8-9H2,(H,19,20,21). The highest BCUT2D eigenvalue weighted by Crippen LogP contribution is 2.35. The zero-order chi connectivity index (χ0) is 18.0. The van der Waals surface area contributed by atoms with Crippen molar-refractivity contribution in [2.45, 2.75) is 5.75 Å². The van der Waals surface area contributed by atoms with E-state index < -0.39 is 21.5 Å². The van der Waals surface area contributed by atoms with E-state index in [1.54, 1.807) is 42.5 Å². The molecule has 3 rings (SSSR count).